The van der Waals surface area contributed by atoms with E-state index in [1.165, 1.54) is 17.0 Å². The van der Waals surface area contributed by atoms with Crippen molar-refractivity contribution in [2.75, 3.05) is 18.1 Å². The van der Waals surface area contributed by atoms with Crippen LogP contribution in [0.25, 0.3) is 0 Å². The highest BCUT2D eigenvalue weighted by atomic mass is 19.4. The van der Waals surface area contributed by atoms with Crippen LogP contribution < -0.4 is 20.7 Å². The molecule has 2 aliphatic heterocycles. The summed E-state index contributed by atoms with van der Waals surface area (Å²) in [6.07, 6.45) is -8.10. The number of ether oxygens (including phenoxy) is 1. The van der Waals surface area contributed by atoms with E-state index in [2.05, 4.69) is 10.3 Å². The third-order valence-corrected chi connectivity index (χ3v) is 7.37. The van der Waals surface area contributed by atoms with Crippen LogP contribution in [0.3, 0.4) is 0 Å². The number of nitrogens with two attached hydrogens (primary N) is 1. The Morgan fingerprint density at radius 2 is 1.83 bits per heavy atom. The molecule has 3 N–H and O–H groups in total. The second kappa shape index (κ2) is 11.7. The molecule has 0 aromatic heterocycles. The molecule has 2 aliphatic rings. The number of rotatable bonds is 8. The van der Waals surface area contributed by atoms with Crippen LogP contribution in [-0.2, 0) is 14.4 Å². The van der Waals surface area contributed by atoms with Gasteiger partial charge in [0.05, 0.1) is 29.8 Å². The number of carbonyl (C=O) groups excluding carboxylic acids is 3. The summed E-state index contributed by atoms with van der Waals surface area (Å²) in [7, 11) is 0. The lowest BCUT2D eigenvalue weighted by Gasteiger charge is -2.31. The Morgan fingerprint density at radius 1 is 1.10 bits per heavy atom. The fourth-order valence-electron chi connectivity index (χ4n) is 5.47. The molecular formula is C31H29F3N4O4. The van der Waals surface area contributed by atoms with Crippen molar-refractivity contribution in [3.8, 4) is 5.75 Å². The van der Waals surface area contributed by atoms with Crippen molar-refractivity contribution in [2.45, 2.75) is 38.0 Å². The first-order chi connectivity index (χ1) is 20.0. The fraction of sp³-hybridized carbons (Fsp3) is 0.290. The number of aliphatic imine (C=N–C) groups is 1. The van der Waals surface area contributed by atoms with Gasteiger partial charge in [-0.2, -0.15) is 13.2 Å². The zero-order valence-corrected chi connectivity index (χ0v) is 22.7. The molecule has 42 heavy (non-hydrogen) atoms. The predicted octanol–water partition coefficient (Wildman–Crippen LogP) is 4.24. The first-order valence-electron chi connectivity index (χ1n) is 13.5. The van der Waals surface area contributed by atoms with E-state index in [1.54, 1.807) is 36.4 Å². The predicted molar refractivity (Wildman–Crippen MR) is 150 cm³/mol. The quantitative estimate of drug-likeness (QED) is 0.416. The van der Waals surface area contributed by atoms with Gasteiger partial charge in [-0.15, -0.1) is 0 Å². The molecule has 0 radical (unpaired) electrons. The largest absolute Gasteiger partial charge is 0.490 e. The zero-order valence-electron chi connectivity index (χ0n) is 22.7. The molecule has 3 aromatic carbocycles. The van der Waals surface area contributed by atoms with Gasteiger partial charge in [0.2, 0.25) is 18.0 Å². The summed E-state index contributed by atoms with van der Waals surface area (Å²) in [5.41, 5.74) is 9.08. The Hall–Kier alpha value is -4.67. The van der Waals surface area contributed by atoms with E-state index in [0.29, 0.717) is 33.8 Å². The van der Waals surface area contributed by atoms with Gasteiger partial charge >= 0.3 is 6.18 Å². The topological polar surface area (TPSA) is 114 Å². The van der Waals surface area contributed by atoms with E-state index in [9.17, 15) is 27.6 Å². The molecule has 0 saturated heterocycles. The van der Waals surface area contributed by atoms with Crippen molar-refractivity contribution < 1.29 is 32.3 Å². The maximum atomic E-state index is 13.9. The van der Waals surface area contributed by atoms with Crippen LogP contribution in [0, 0.1) is 12.8 Å². The molecule has 3 amide bonds. The van der Waals surface area contributed by atoms with Crippen molar-refractivity contribution >= 4 is 29.1 Å². The number of nitrogens with one attached hydrogen (secondary N) is 1. The molecule has 11 heteroatoms. The number of halogens is 3. The molecule has 0 unspecified atom stereocenters. The molecule has 0 fully saturated rings. The van der Waals surface area contributed by atoms with Crippen molar-refractivity contribution in [2.24, 2.45) is 16.6 Å². The Kier molecular flexibility index (Phi) is 8.02. The molecule has 5 rings (SSSR count). The van der Waals surface area contributed by atoms with Crippen LogP contribution in [0.1, 0.15) is 41.0 Å². The number of aryl methyl sites for hydroxylation is 1. The average molecular weight is 579 g/mol. The maximum absolute atomic E-state index is 13.9. The highest BCUT2D eigenvalue weighted by molar-refractivity contribution is 6.21. The highest BCUT2D eigenvalue weighted by Gasteiger charge is 2.41. The molecule has 0 bridgehead atoms. The van der Waals surface area contributed by atoms with E-state index < -0.39 is 54.7 Å². The second-order valence-corrected chi connectivity index (χ2v) is 10.3. The van der Waals surface area contributed by atoms with Gasteiger partial charge < -0.3 is 20.7 Å². The first kappa shape index (κ1) is 28.8. The molecule has 0 aliphatic carbocycles. The Morgan fingerprint density at radius 3 is 2.52 bits per heavy atom. The van der Waals surface area contributed by atoms with E-state index in [1.807, 2.05) is 31.2 Å². The van der Waals surface area contributed by atoms with Crippen LogP contribution in [0.5, 0.6) is 5.75 Å². The maximum Gasteiger partial charge on any atom is 0.389 e. The molecule has 3 atom stereocenters. The van der Waals surface area contributed by atoms with Gasteiger partial charge in [-0.05, 0) is 31.0 Å². The number of benzene rings is 3. The van der Waals surface area contributed by atoms with E-state index >= 15 is 0 Å². The van der Waals surface area contributed by atoms with Crippen LogP contribution in [0.2, 0.25) is 0 Å². The normalized spacial score (nSPS) is 17.7. The minimum absolute atomic E-state index is 0.178. The number of amides is 3. The lowest BCUT2D eigenvalue weighted by Crippen LogP contribution is -2.51. The Labute approximate surface area is 240 Å². The first-order valence-corrected chi connectivity index (χ1v) is 13.5. The average Bonchev–Trinajstić information content (AvgIpc) is 3.07. The zero-order chi connectivity index (χ0) is 30.0. The number of carbonyl (C=O) groups is 3. The minimum atomic E-state index is -4.59. The van der Waals surface area contributed by atoms with E-state index in [0.717, 1.165) is 5.56 Å². The summed E-state index contributed by atoms with van der Waals surface area (Å²) in [5.74, 6) is -4.86. The standard InChI is InChI=1S/C31H29F3N4O4/c1-18-7-5-10-20(17-18)25-22-11-6-12-23-26(22)38(15-16-42-23)30(41)28(36-25)37-29(40)21(13-14-31(32,33)34)24(27(35)39)19-8-3-2-4-9-19/h2-12,17,21,24,28H,13-16H2,1H3,(H2,35,39)(H,37,40)/t21-,24+,28-/m1/s1. The fourth-order valence-corrected chi connectivity index (χ4v) is 5.47. The summed E-state index contributed by atoms with van der Waals surface area (Å²) in [4.78, 5) is 46.4. The lowest BCUT2D eigenvalue weighted by molar-refractivity contribution is -0.144. The summed E-state index contributed by atoms with van der Waals surface area (Å²) < 4.78 is 45.8. The highest BCUT2D eigenvalue weighted by Crippen LogP contribution is 2.39. The smallest absolute Gasteiger partial charge is 0.389 e. The number of anilines is 1. The van der Waals surface area contributed by atoms with Gasteiger partial charge in [0, 0.05) is 17.5 Å². The molecular weight excluding hydrogens is 549 g/mol. The van der Waals surface area contributed by atoms with E-state index in [-0.39, 0.29) is 13.2 Å². The second-order valence-electron chi connectivity index (χ2n) is 10.3. The third kappa shape index (κ3) is 6.00. The number of hydrogen-bond donors (Lipinski definition) is 2. The van der Waals surface area contributed by atoms with Gasteiger partial charge in [0.15, 0.2) is 0 Å². The summed E-state index contributed by atoms with van der Waals surface area (Å²) in [6, 6.07) is 20.7. The van der Waals surface area contributed by atoms with Gasteiger partial charge in [0.25, 0.3) is 5.91 Å². The SMILES string of the molecule is Cc1cccc(C2=N[C@H](NC(=O)[C@H](CCC(F)(F)F)[C@@H](C(N)=O)c3ccccc3)C(=O)N3CCOc4cccc2c43)c1. The van der Waals surface area contributed by atoms with Gasteiger partial charge in [-0.25, -0.2) is 4.99 Å². The van der Waals surface area contributed by atoms with Crippen LogP contribution in [0.15, 0.2) is 77.8 Å². The van der Waals surface area contributed by atoms with Crippen LogP contribution in [0.4, 0.5) is 18.9 Å². The van der Waals surface area contributed by atoms with Crippen molar-refractivity contribution in [3.05, 3.63) is 95.1 Å². The van der Waals surface area contributed by atoms with E-state index in [4.69, 9.17) is 10.5 Å². The molecule has 218 valence electrons. The molecule has 8 nitrogen and oxygen atoms in total. The Bertz CT molecular complexity index is 1540. The van der Waals surface area contributed by atoms with Crippen molar-refractivity contribution in [1.82, 2.24) is 5.32 Å². The Balaban J connectivity index is 1.57. The van der Waals surface area contributed by atoms with Gasteiger partial charge in [-0.3, -0.25) is 14.4 Å². The number of alkyl halides is 3. The van der Waals surface area contributed by atoms with Crippen molar-refractivity contribution in [3.63, 3.8) is 0 Å². The minimum Gasteiger partial charge on any atom is -0.490 e. The monoisotopic (exact) mass is 578 g/mol. The van der Waals surface area contributed by atoms with Gasteiger partial charge in [-0.1, -0.05) is 66.2 Å². The third-order valence-electron chi connectivity index (χ3n) is 7.37. The number of hydrogen-bond acceptors (Lipinski definition) is 5. The summed E-state index contributed by atoms with van der Waals surface area (Å²) in [6.45, 7) is 2.28. The molecule has 2 heterocycles. The number of para-hydroxylation sites is 1. The summed E-state index contributed by atoms with van der Waals surface area (Å²) >= 11 is 0. The van der Waals surface area contributed by atoms with Crippen LogP contribution >= 0.6 is 0 Å². The number of nitrogens with zero attached hydrogens (tertiary/aromatic N) is 2. The molecule has 0 saturated carbocycles. The molecule has 3 aromatic rings. The number of primary amides is 1. The van der Waals surface area contributed by atoms with Crippen molar-refractivity contribution in [1.29, 1.82) is 0 Å². The molecule has 0 spiro atoms. The van der Waals surface area contributed by atoms with Crippen LogP contribution in [-0.4, -0.2) is 48.9 Å². The van der Waals surface area contributed by atoms with Gasteiger partial charge in [0.1, 0.15) is 12.4 Å². The summed E-state index contributed by atoms with van der Waals surface area (Å²) in [5, 5.41) is 2.57. The lowest BCUT2D eigenvalue weighted by atomic mass is 9.81.